The van der Waals surface area contributed by atoms with Crippen LogP contribution in [0.3, 0.4) is 0 Å². The Morgan fingerprint density at radius 1 is 1.21 bits per heavy atom. The molecule has 3 rings (SSSR count). The van der Waals surface area contributed by atoms with Gasteiger partial charge in [-0.15, -0.1) is 5.10 Å². The molecule has 29 heavy (non-hydrogen) atoms. The number of nitrogens with one attached hydrogen (secondary N) is 1. The molecular weight excluding hydrogens is 376 g/mol. The summed E-state index contributed by atoms with van der Waals surface area (Å²) in [5, 5.41) is 6.75. The Kier molecular flexibility index (Phi) is 5.91. The lowest BCUT2D eigenvalue weighted by atomic mass is 10.1. The van der Waals surface area contributed by atoms with Crippen molar-refractivity contribution in [1.82, 2.24) is 19.6 Å². The number of nitrogens with zero attached hydrogens (tertiary/aromatic N) is 4. The summed E-state index contributed by atoms with van der Waals surface area (Å²) in [6, 6.07) is 6.98. The predicted molar refractivity (Wildman–Crippen MR) is 106 cm³/mol. The number of hydrogen-bond acceptors (Lipinski definition) is 8. The zero-order valence-corrected chi connectivity index (χ0v) is 16.4. The van der Waals surface area contributed by atoms with Crippen LogP contribution in [0.1, 0.15) is 23.4 Å². The molecule has 0 atom stereocenters. The van der Waals surface area contributed by atoms with Crippen LogP contribution in [0.4, 0.5) is 11.6 Å². The van der Waals surface area contributed by atoms with Crippen molar-refractivity contribution in [2.75, 3.05) is 24.8 Å². The van der Waals surface area contributed by atoms with Gasteiger partial charge in [0.25, 0.3) is 11.7 Å². The third kappa shape index (κ3) is 4.60. The summed E-state index contributed by atoms with van der Waals surface area (Å²) in [5.41, 5.74) is 8.53. The Morgan fingerprint density at radius 3 is 2.72 bits per heavy atom. The Morgan fingerprint density at radius 2 is 1.97 bits per heavy atom. The van der Waals surface area contributed by atoms with E-state index in [-0.39, 0.29) is 19.0 Å². The van der Waals surface area contributed by atoms with E-state index < -0.39 is 11.9 Å². The van der Waals surface area contributed by atoms with Gasteiger partial charge in [-0.05, 0) is 38.0 Å². The number of ether oxygens (including phenoxy) is 2. The van der Waals surface area contributed by atoms with Crippen molar-refractivity contribution in [3.05, 3.63) is 41.2 Å². The van der Waals surface area contributed by atoms with E-state index in [2.05, 4.69) is 20.4 Å². The van der Waals surface area contributed by atoms with Gasteiger partial charge in [0.1, 0.15) is 5.75 Å². The molecule has 0 spiro atoms. The van der Waals surface area contributed by atoms with E-state index in [0.717, 1.165) is 17.0 Å². The maximum atomic E-state index is 12.1. The number of esters is 1. The van der Waals surface area contributed by atoms with E-state index >= 15 is 0 Å². The van der Waals surface area contributed by atoms with Gasteiger partial charge in [0.05, 0.1) is 12.8 Å². The minimum atomic E-state index is -0.489. The number of methoxy groups -OCH3 is 1. The lowest BCUT2D eigenvalue weighted by molar-refractivity contribution is -0.147. The van der Waals surface area contributed by atoms with Gasteiger partial charge in [0.15, 0.2) is 6.61 Å². The maximum Gasteiger partial charge on any atom is 0.306 e. The molecule has 0 bridgehead atoms. The molecule has 10 nitrogen and oxygen atoms in total. The number of anilines is 2. The lowest BCUT2D eigenvalue weighted by Gasteiger charge is -2.11. The fraction of sp³-hybridized carbons (Fsp3) is 0.316. The Labute approximate surface area is 167 Å². The SMILES string of the molecule is COc1ccccc1NC(=O)COC(=O)CCc1c(C)nc2nc(N)nn2c1C. The molecule has 0 fully saturated rings. The van der Waals surface area contributed by atoms with Crippen LogP contribution in [0.25, 0.3) is 5.78 Å². The van der Waals surface area contributed by atoms with Crippen molar-refractivity contribution in [2.45, 2.75) is 26.7 Å². The second kappa shape index (κ2) is 8.55. The standard InChI is InChI=1S/C19H22N6O4/c1-11-13(12(2)25-19(21-11)23-18(20)24-25)8-9-17(27)29-10-16(26)22-14-6-4-5-7-15(14)28-3/h4-7H,8-10H2,1-3H3,(H2,20,24)(H,22,26). The summed E-state index contributed by atoms with van der Waals surface area (Å²) in [6.07, 6.45) is 0.494. The number of aryl methyl sites for hydroxylation is 2. The zero-order chi connectivity index (χ0) is 21.0. The van der Waals surface area contributed by atoms with Crippen LogP contribution in [-0.2, 0) is 20.7 Å². The van der Waals surface area contributed by atoms with Crippen molar-refractivity contribution < 1.29 is 19.1 Å². The van der Waals surface area contributed by atoms with Crippen molar-refractivity contribution in [3.63, 3.8) is 0 Å². The molecule has 3 N–H and O–H groups in total. The first-order chi connectivity index (χ1) is 13.9. The monoisotopic (exact) mass is 398 g/mol. The Balaban J connectivity index is 1.55. The quantitative estimate of drug-likeness (QED) is 0.571. The molecule has 0 aliphatic rings. The number of amides is 1. The highest BCUT2D eigenvalue weighted by molar-refractivity contribution is 5.94. The van der Waals surface area contributed by atoms with Crippen molar-refractivity contribution in [1.29, 1.82) is 0 Å². The summed E-state index contributed by atoms with van der Waals surface area (Å²) < 4.78 is 11.8. The number of para-hydroxylation sites is 2. The van der Waals surface area contributed by atoms with Crippen LogP contribution in [0.2, 0.25) is 0 Å². The fourth-order valence-corrected chi connectivity index (χ4v) is 2.97. The predicted octanol–water partition coefficient (Wildman–Crippen LogP) is 1.45. The summed E-state index contributed by atoms with van der Waals surface area (Å²) in [6.45, 7) is 3.31. The largest absolute Gasteiger partial charge is 0.495 e. The van der Waals surface area contributed by atoms with Gasteiger partial charge in [-0.1, -0.05) is 12.1 Å². The molecule has 0 aliphatic carbocycles. The summed E-state index contributed by atoms with van der Waals surface area (Å²) in [5.74, 6) is 0.137. The Hall–Kier alpha value is -3.69. The topological polar surface area (TPSA) is 134 Å². The molecule has 0 aliphatic heterocycles. The molecule has 0 unspecified atom stereocenters. The van der Waals surface area contributed by atoms with Gasteiger partial charge in [-0.2, -0.15) is 9.50 Å². The summed E-state index contributed by atoms with van der Waals surface area (Å²) in [4.78, 5) is 32.5. The molecule has 0 saturated heterocycles. The number of carbonyl (C=O) groups excluding carboxylic acids is 2. The second-order valence-electron chi connectivity index (χ2n) is 6.35. The van der Waals surface area contributed by atoms with E-state index in [4.69, 9.17) is 15.2 Å². The molecule has 10 heteroatoms. The van der Waals surface area contributed by atoms with E-state index in [9.17, 15) is 9.59 Å². The average Bonchev–Trinajstić information content (AvgIpc) is 3.07. The first-order valence-electron chi connectivity index (χ1n) is 8.96. The van der Waals surface area contributed by atoms with Crippen LogP contribution < -0.4 is 15.8 Å². The first kappa shape index (κ1) is 20.1. The fourth-order valence-electron chi connectivity index (χ4n) is 2.97. The molecule has 0 radical (unpaired) electrons. The summed E-state index contributed by atoms with van der Waals surface area (Å²) >= 11 is 0. The number of fused-ring (bicyclic) bond motifs is 1. The van der Waals surface area contributed by atoms with Gasteiger partial charge in [-0.25, -0.2) is 4.98 Å². The molecule has 2 aromatic heterocycles. The van der Waals surface area contributed by atoms with Crippen LogP contribution in [0, 0.1) is 13.8 Å². The van der Waals surface area contributed by atoms with Gasteiger partial charge < -0.3 is 20.5 Å². The smallest absolute Gasteiger partial charge is 0.306 e. The number of benzene rings is 1. The molecule has 1 aromatic carbocycles. The number of aromatic nitrogens is 4. The number of hydrogen-bond donors (Lipinski definition) is 2. The molecule has 3 aromatic rings. The lowest BCUT2D eigenvalue weighted by Crippen LogP contribution is -2.21. The van der Waals surface area contributed by atoms with E-state index in [1.54, 1.807) is 28.8 Å². The maximum absolute atomic E-state index is 12.1. The van der Waals surface area contributed by atoms with Crippen LogP contribution in [-0.4, -0.2) is 45.2 Å². The van der Waals surface area contributed by atoms with E-state index in [0.29, 0.717) is 23.6 Å². The normalized spacial score (nSPS) is 10.7. The number of rotatable bonds is 7. The first-order valence-corrected chi connectivity index (χ1v) is 8.96. The molecule has 1 amide bonds. The van der Waals surface area contributed by atoms with Crippen molar-refractivity contribution in [2.24, 2.45) is 0 Å². The second-order valence-corrected chi connectivity index (χ2v) is 6.35. The van der Waals surface area contributed by atoms with E-state index in [1.807, 2.05) is 13.8 Å². The van der Waals surface area contributed by atoms with Crippen LogP contribution in [0.5, 0.6) is 5.75 Å². The van der Waals surface area contributed by atoms with Gasteiger partial charge >= 0.3 is 5.97 Å². The van der Waals surface area contributed by atoms with Gasteiger partial charge in [-0.3, -0.25) is 9.59 Å². The van der Waals surface area contributed by atoms with Gasteiger partial charge in [0.2, 0.25) is 5.95 Å². The molecule has 2 heterocycles. The Bertz CT molecular complexity index is 1060. The minimum absolute atomic E-state index is 0.0982. The third-order valence-corrected chi connectivity index (χ3v) is 4.39. The average molecular weight is 398 g/mol. The molecule has 152 valence electrons. The third-order valence-electron chi connectivity index (χ3n) is 4.39. The highest BCUT2D eigenvalue weighted by Crippen LogP contribution is 2.22. The number of nitrogens with two attached hydrogens (primary N) is 1. The number of carbonyl (C=O) groups is 2. The zero-order valence-electron chi connectivity index (χ0n) is 16.4. The summed E-state index contributed by atoms with van der Waals surface area (Å²) in [7, 11) is 1.51. The highest BCUT2D eigenvalue weighted by atomic mass is 16.5. The van der Waals surface area contributed by atoms with Crippen LogP contribution >= 0.6 is 0 Å². The van der Waals surface area contributed by atoms with Crippen LogP contribution in [0.15, 0.2) is 24.3 Å². The van der Waals surface area contributed by atoms with E-state index in [1.165, 1.54) is 7.11 Å². The molecular formula is C19H22N6O4. The van der Waals surface area contributed by atoms with Gasteiger partial charge in [0, 0.05) is 17.8 Å². The van der Waals surface area contributed by atoms with Crippen molar-refractivity contribution in [3.8, 4) is 5.75 Å². The molecule has 0 saturated carbocycles. The highest BCUT2D eigenvalue weighted by Gasteiger charge is 2.15. The van der Waals surface area contributed by atoms with Crippen molar-refractivity contribution >= 4 is 29.3 Å². The minimum Gasteiger partial charge on any atom is -0.495 e. The number of nitrogen functional groups attached to an aromatic ring is 1.